The summed E-state index contributed by atoms with van der Waals surface area (Å²) in [4.78, 5) is 14.9. The van der Waals surface area contributed by atoms with Gasteiger partial charge in [0.2, 0.25) is 0 Å². The first-order chi connectivity index (χ1) is 11.3. The van der Waals surface area contributed by atoms with Gasteiger partial charge in [-0.25, -0.2) is 0 Å². The van der Waals surface area contributed by atoms with Crippen molar-refractivity contribution in [3.8, 4) is 0 Å². The van der Waals surface area contributed by atoms with Gasteiger partial charge >= 0.3 is 5.97 Å². The topological polar surface area (TPSA) is 38.8 Å². The fourth-order valence-electron chi connectivity index (χ4n) is 3.26. The van der Waals surface area contributed by atoms with Crippen molar-refractivity contribution in [2.45, 2.75) is 25.9 Å². The zero-order valence-electron chi connectivity index (χ0n) is 13.7. The van der Waals surface area contributed by atoms with E-state index >= 15 is 0 Å². The molecule has 2 heterocycles. The molecule has 1 aromatic carbocycles. The Balaban J connectivity index is 1.71. The number of hydrogen-bond donors (Lipinski definition) is 0. The van der Waals surface area contributed by atoms with E-state index in [0.717, 1.165) is 50.2 Å². The molecule has 0 spiro atoms. The van der Waals surface area contributed by atoms with Crippen LogP contribution in [0.4, 0.5) is 0 Å². The van der Waals surface area contributed by atoms with Crippen molar-refractivity contribution in [3.05, 3.63) is 42.0 Å². The van der Waals surface area contributed by atoms with Crippen LogP contribution in [0.25, 0.3) is 5.57 Å². The molecule has 0 bridgehead atoms. The molecule has 3 rings (SSSR count). The van der Waals surface area contributed by atoms with Crippen LogP contribution in [0.3, 0.4) is 0 Å². The molecule has 0 saturated carbocycles. The second kappa shape index (κ2) is 7.75. The number of likely N-dealkylation sites (N-methyl/N-ethyl adjacent to an activating group) is 1. The van der Waals surface area contributed by atoms with Crippen LogP contribution in [0.5, 0.6) is 0 Å². The lowest BCUT2D eigenvalue weighted by atomic mass is 9.89. The molecule has 0 aromatic heterocycles. The molecular weight excluding hydrogens is 290 g/mol. The number of carbonyl (C=O) groups is 1. The van der Waals surface area contributed by atoms with Gasteiger partial charge in [0.1, 0.15) is 6.61 Å². The van der Waals surface area contributed by atoms with Crippen molar-refractivity contribution in [2.75, 3.05) is 32.8 Å². The standard InChI is InChI=1S/C19H25NO3/c1-2-20-11-10-17(15-7-4-3-5-8-15)18(13-20)19(21)23-14-16-9-6-12-22-16/h3-5,7-8,10,16,18H,2,6,9,11-14H2,1H3. The maximum absolute atomic E-state index is 12.7. The first-order valence-corrected chi connectivity index (χ1v) is 8.54. The summed E-state index contributed by atoms with van der Waals surface area (Å²) in [5, 5.41) is 0. The van der Waals surface area contributed by atoms with E-state index in [0.29, 0.717) is 6.61 Å². The van der Waals surface area contributed by atoms with Crippen LogP contribution in [-0.2, 0) is 14.3 Å². The third-order valence-corrected chi connectivity index (χ3v) is 4.66. The molecule has 1 saturated heterocycles. The number of benzene rings is 1. The van der Waals surface area contributed by atoms with E-state index in [1.165, 1.54) is 0 Å². The SMILES string of the molecule is CCN1CC=C(c2ccccc2)C(C(=O)OCC2CCCO2)C1. The highest BCUT2D eigenvalue weighted by atomic mass is 16.6. The van der Waals surface area contributed by atoms with Crippen molar-refractivity contribution < 1.29 is 14.3 Å². The summed E-state index contributed by atoms with van der Waals surface area (Å²) in [7, 11) is 0. The van der Waals surface area contributed by atoms with E-state index in [4.69, 9.17) is 9.47 Å². The molecule has 0 amide bonds. The Morgan fingerprint density at radius 2 is 2.17 bits per heavy atom. The summed E-state index contributed by atoms with van der Waals surface area (Å²) in [6.45, 7) is 5.83. The number of rotatable bonds is 5. The molecule has 4 nitrogen and oxygen atoms in total. The van der Waals surface area contributed by atoms with Gasteiger partial charge in [0, 0.05) is 19.7 Å². The van der Waals surface area contributed by atoms with Gasteiger partial charge in [0.05, 0.1) is 12.0 Å². The number of carbonyl (C=O) groups excluding carboxylic acids is 1. The van der Waals surface area contributed by atoms with E-state index in [1.54, 1.807) is 0 Å². The maximum atomic E-state index is 12.7. The Hall–Kier alpha value is -1.65. The van der Waals surface area contributed by atoms with Gasteiger partial charge in [0.15, 0.2) is 0 Å². The van der Waals surface area contributed by atoms with Gasteiger partial charge in [-0.3, -0.25) is 9.69 Å². The Bertz CT molecular complexity index is 549. The van der Waals surface area contributed by atoms with E-state index in [9.17, 15) is 4.79 Å². The molecule has 0 aliphatic carbocycles. The third-order valence-electron chi connectivity index (χ3n) is 4.66. The molecule has 2 atom stereocenters. The van der Waals surface area contributed by atoms with Gasteiger partial charge in [-0.1, -0.05) is 43.3 Å². The monoisotopic (exact) mass is 315 g/mol. The van der Waals surface area contributed by atoms with Crippen LogP contribution in [0, 0.1) is 5.92 Å². The largest absolute Gasteiger partial charge is 0.462 e. The van der Waals surface area contributed by atoms with Gasteiger partial charge in [-0.2, -0.15) is 0 Å². The Labute approximate surface area is 138 Å². The molecular formula is C19H25NO3. The smallest absolute Gasteiger partial charge is 0.314 e. The first kappa shape index (κ1) is 16.2. The Morgan fingerprint density at radius 1 is 1.35 bits per heavy atom. The highest BCUT2D eigenvalue weighted by Crippen LogP contribution is 2.29. The van der Waals surface area contributed by atoms with Gasteiger partial charge in [0.25, 0.3) is 0 Å². The quantitative estimate of drug-likeness (QED) is 0.783. The lowest BCUT2D eigenvalue weighted by molar-refractivity contribution is -0.150. The predicted molar refractivity (Wildman–Crippen MR) is 90.0 cm³/mol. The fourth-order valence-corrected chi connectivity index (χ4v) is 3.26. The van der Waals surface area contributed by atoms with Crippen molar-refractivity contribution >= 4 is 11.5 Å². The van der Waals surface area contributed by atoms with E-state index in [-0.39, 0.29) is 18.0 Å². The van der Waals surface area contributed by atoms with Crippen LogP contribution < -0.4 is 0 Å². The molecule has 1 fully saturated rings. The molecule has 124 valence electrons. The maximum Gasteiger partial charge on any atom is 0.314 e. The second-order valence-corrected chi connectivity index (χ2v) is 6.20. The van der Waals surface area contributed by atoms with E-state index in [1.807, 2.05) is 18.2 Å². The van der Waals surface area contributed by atoms with Crippen molar-refractivity contribution in [1.82, 2.24) is 4.90 Å². The number of nitrogens with zero attached hydrogens (tertiary/aromatic N) is 1. The molecule has 2 aliphatic rings. The van der Waals surface area contributed by atoms with Gasteiger partial charge in [-0.15, -0.1) is 0 Å². The number of esters is 1. The lowest BCUT2D eigenvalue weighted by Gasteiger charge is -2.31. The van der Waals surface area contributed by atoms with Crippen molar-refractivity contribution in [1.29, 1.82) is 0 Å². The minimum absolute atomic E-state index is 0.0778. The average molecular weight is 315 g/mol. The Kier molecular flexibility index (Phi) is 5.47. The van der Waals surface area contributed by atoms with Crippen molar-refractivity contribution in [3.63, 3.8) is 0 Å². The normalized spacial score (nSPS) is 25.2. The fraction of sp³-hybridized carbons (Fsp3) is 0.526. The van der Waals surface area contributed by atoms with E-state index in [2.05, 4.69) is 30.0 Å². The van der Waals surface area contributed by atoms with Crippen LogP contribution in [0.1, 0.15) is 25.3 Å². The molecule has 1 aromatic rings. The van der Waals surface area contributed by atoms with Gasteiger partial charge in [-0.05, 0) is 30.5 Å². The summed E-state index contributed by atoms with van der Waals surface area (Å²) in [6.07, 6.45) is 4.29. The average Bonchev–Trinajstić information content (AvgIpc) is 3.13. The van der Waals surface area contributed by atoms with Gasteiger partial charge < -0.3 is 9.47 Å². The van der Waals surface area contributed by atoms with Crippen LogP contribution in [-0.4, -0.2) is 49.8 Å². The Morgan fingerprint density at radius 3 is 2.87 bits per heavy atom. The lowest BCUT2D eigenvalue weighted by Crippen LogP contribution is -2.39. The first-order valence-electron chi connectivity index (χ1n) is 8.54. The van der Waals surface area contributed by atoms with Crippen LogP contribution in [0.2, 0.25) is 0 Å². The third kappa shape index (κ3) is 4.01. The molecule has 0 radical (unpaired) electrons. The number of ether oxygens (including phenoxy) is 2. The molecule has 2 unspecified atom stereocenters. The summed E-state index contributed by atoms with van der Waals surface area (Å²) in [5.74, 6) is -0.346. The predicted octanol–water partition coefficient (Wildman–Crippen LogP) is 2.74. The summed E-state index contributed by atoms with van der Waals surface area (Å²) < 4.78 is 11.1. The molecule has 2 aliphatic heterocycles. The zero-order chi connectivity index (χ0) is 16.1. The zero-order valence-corrected chi connectivity index (χ0v) is 13.7. The van der Waals surface area contributed by atoms with Crippen molar-refractivity contribution in [2.24, 2.45) is 5.92 Å². The summed E-state index contributed by atoms with van der Waals surface area (Å²) in [5.41, 5.74) is 2.20. The minimum Gasteiger partial charge on any atom is -0.462 e. The molecule has 23 heavy (non-hydrogen) atoms. The highest BCUT2D eigenvalue weighted by Gasteiger charge is 2.31. The minimum atomic E-state index is -0.215. The van der Waals surface area contributed by atoms with E-state index < -0.39 is 0 Å². The summed E-state index contributed by atoms with van der Waals surface area (Å²) in [6, 6.07) is 10.1. The van der Waals surface area contributed by atoms with Crippen LogP contribution >= 0.6 is 0 Å². The highest BCUT2D eigenvalue weighted by molar-refractivity contribution is 5.89. The van der Waals surface area contributed by atoms with Crippen LogP contribution in [0.15, 0.2) is 36.4 Å². The molecule has 4 heteroatoms. The number of hydrogen-bond acceptors (Lipinski definition) is 4. The second-order valence-electron chi connectivity index (χ2n) is 6.20. The summed E-state index contributed by atoms with van der Waals surface area (Å²) >= 11 is 0. The molecule has 0 N–H and O–H groups in total.